The molecule has 2 aliphatic heterocycles. The first kappa shape index (κ1) is 10.2. The van der Waals surface area contributed by atoms with Gasteiger partial charge in [0.15, 0.2) is 0 Å². The van der Waals surface area contributed by atoms with E-state index in [1.807, 2.05) is 0 Å². The number of carbonyl (C=O) groups is 1. The number of fused-ring (bicyclic) bond motifs is 3. The largest absolute Gasteiger partial charge is 0.462 e. The van der Waals surface area contributed by atoms with Crippen LogP contribution in [0.5, 0.6) is 0 Å². The van der Waals surface area contributed by atoms with E-state index < -0.39 is 11.5 Å². The molecule has 2 heterocycles. The Morgan fingerprint density at radius 1 is 1.57 bits per heavy atom. The fourth-order valence-electron chi connectivity index (χ4n) is 2.55. The van der Waals surface area contributed by atoms with Crippen molar-refractivity contribution in [3.05, 3.63) is 0 Å². The van der Waals surface area contributed by atoms with Gasteiger partial charge in [-0.3, -0.25) is 4.79 Å². The highest BCUT2D eigenvalue weighted by Gasteiger charge is 2.53. The molecule has 3 aliphatic rings. The summed E-state index contributed by atoms with van der Waals surface area (Å²) >= 11 is 5.58. The van der Waals surface area contributed by atoms with Crippen molar-refractivity contribution in [1.29, 1.82) is 0 Å². The molecule has 3 nitrogen and oxygen atoms in total. The molecule has 0 aromatic rings. The Balaban J connectivity index is 2.15. The van der Waals surface area contributed by atoms with Crippen molar-refractivity contribution >= 4 is 17.6 Å². The number of aliphatic hydroxyl groups is 1. The SMILES string of the molecule is O=C1OC2CCC1([C@@H](O)CCCl)CC2. The Hall–Kier alpha value is -0.280. The normalized spacial score (nSPS) is 38.1. The van der Waals surface area contributed by atoms with E-state index in [2.05, 4.69) is 0 Å². The number of aliphatic hydroxyl groups excluding tert-OH is 1. The maximum Gasteiger partial charge on any atom is 0.314 e. The lowest BCUT2D eigenvalue weighted by atomic mass is 9.66. The molecule has 80 valence electrons. The number of hydrogen-bond acceptors (Lipinski definition) is 3. The third-order valence-corrected chi connectivity index (χ3v) is 3.74. The zero-order chi connectivity index (χ0) is 10.2. The van der Waals surface area contributed by atoms with Crippen molar-refractivity contribution in [2.45, 2.75) is 44.3 Å². The minimum Gasteiger partial charge on any atom is -0.462 e. The number of hydrogen-bond donors (Lipinski definition) is 1. The molecule has 2 saturated heterocycles. The summed E-state index contributed by atoms with van der Waals surface area (Å²) in [6, 6.07) is 0. The minimum absolute atomic E-state index is 0.104. The topological polar surface area (TPSA) is 46.5 Å². The van der Waals surface area contributed by atoms with Crippen molar-refractivity contribution in [2.75, 3.05) is 5.88 Å². The molecule has 4 heteroatoms. The molecule has 3 rings (SSSR count). The van der Waals surface area contributed by atoms with E-state index in [1.165, 1.54) is 0 Å². The monoisotopic (exact) mass is 218 g/mol. The van der Waals surface area contributed by atoms with Crippen LogP contribution < -0.4 is 0 Å². The molecule has 0 aromatic carbocycles. The highest BCUT2D eigenvalue weighted by molar-refractivity contribution is 6.17. The van der Waals surface area contributed by atoms with Crippen molar-refractivity contribution in [3.8, 4) is 0 Å². The van der Waals surface area contributed by atoms with Gasteiger partial charge in [-0.25, -0.2) is 0 Å². The number of esters is 1. The average Bonchev–Trinajstić information content (AvgIpc) is 2.19. The van der Waals surface area contributed by atoms with Gasteiger partial charge in [0.2, 0.25) is 0 Å². The summed E-state index contributed by atoms with van der Waals surface area (Å²) in [6.45, 7) is 0. The van der Waals surface area contributed by atoms with Crippen LogP contribution in [0.4, 0.5) is 0 Å². The van der Waals surface area contributed by atoms with Crippen LogP contribution in [-0.4, -0.2) is 29.2 Å². The van der Waals surface area contributed by atoms with Gasteiger partial charge in [-0.1, -0.05) is 0 Å². The lowest BCUT2D eigenvalue weighted by Crippen LogP contribution is -2.53. The van der Waals surface area contributed by atoms with Gasteiger partial charge in [0.05, 0.1) is 11.5 Å². The van der Waals surface area contributed by atoms with Crippen molar-refractivity contribution in [2.24, 2.45) is 5.41 Å². The Bertz CT molecular complexity index is 234. The number of ether oxygens (including phenoxy) is 1. The predicted molar refractivity (Wildman–Crippen MR) is 52.1 cm³/mol. The van der Waals surface area contributed by atoms with E-state index in [9.17, 15) is 9.90 Å². The summed E-state index contributed by atoms with van der Waals surface area (Å²) < 4.78 is 5.21. The van der Waals surface area contributed by atoms with E-state index in [-0.39, 0.29) is 12.1 Å². The van der Waals surface area contributed by atoms with Gasteiger partial charge >= 0.3 is 5.97 Å². The first-order valence-corrected chi connectivity index (χ1v) is 5.67. The highest BCUT2D eigenvalue weighted by atomic mass is 35.5. The first-order valence-electron chi connectivity index (χ1n) is 5.14. The molecule has 0 spiro atoms. The van der Waals surface area contributed by atoms with E-state index >= 15 is 0 Å². The van der Waals surface area contributed by atoms with E-state index in [4.69, 9.17) is 16.3 Å². The summed E-state index contributed by atoms with van der Waals surface area (Å²) in [7, 11) is 0. The number of halogens is 1. The minimum atomic E-state index is -0.635. The molecule has 2 bridgehead atoms. The molecule has 1 atom stereocenters. The second-order valence-corrected chi connectivity index (χ2v) is 4.63. The molecule has 0 radical (unpaired) electrons. The second-order valence-electron chi connectivity index (χ2n) is 4.25. The molecule has 14 heavy (non-hydrogen) atoms. The molecule has 1 N–H and O–H groups in total. The summed E-state index contributed by atoms with van der Waals surface area (Å²) in [5.74, 6) is 0.178. The van der Waals surface area contributed by atoms with Crippen LogP contribution in [0.1, 0.15) is 32.1 Å². The fourth-order valence-corrected chi connectivity index (χ4v) is 2.75. The molecule has 0 unspecified atom stereocenters. The molecule has 1 aliphatic carbocycles. The van der Waals surface area contributed by atoms with Gasteiger partial charge in [-0.2, -0.15) is 0 Å². The predicted octanol–water partition coefficient (Wildman–Crippen LogP) is 1.46. The molecule has 3 fully saturated rings. The maximum absolute atomic E-state index is 11.7. The fraction of sp³-hybridized carbons (Fsp3) is 0.900. The van der Waals surface area contributed by atoms with Crippen molar-refractivity contribution < 1.29 is 14.6 Å². The van der Waals surface area contributed by atoms with Gasteiger partial charge in [0.1, 0.15) is 6.10 Å². The van der Waals surface area contributed by atoms with Crippen LogP contribution in [0, 0.1) is 5.41 Å². The van der Waals surface area contributed by atoms with Gasteiger partial charge in [0.25, 0.3) is 0 Å². The standard InChI is InChI=1S/C10H15ClO3/c11-6-3-8(12)10-4-1-7(2-5-10)14-9(10)13/h7-8,12H,1-6H2/t7?,8-,10?/m0/s1. The van der Waals surface area contributed by atoms with Crippen LogP contribution in [0.2, 0.25) is 0 Å². The van der Waals surface area contributed by atoms with Gasteiger partial charge in [-0.15, -0.1) is 11.6 Å². The molecular formula is C10H15ClO3. The summed E-state index contributed by atoms with van der Waals surface area (Å²) in [5.41, 5.74) is -0.635. The Morgan fingerprint density at radius 3 is 2.71 bits per heavy atom. The zero-order valence-corrected chi connectivity index (χ0v) is 8.79. The second kappa shape index (κ2) is 3.70. The Morgan fingerprint density at radius 2 is 2.21 bits per heavy atom. The summed E-state index contributed by atoms with van der Waals surface area (Å²) in [4.78, 5) is 11.7. The zero-order valence-electron chi connectivity index (χ0n) is 8.04. The van der Waals surface area contributed by atoms with E-state index in [0.717, 1.165) is 25.7 Å². The number of rotatable bonds is 3. The van der Waals surface area contributed by atoms with Gasteiger partial charge in [0, 0.05) is 5.88 Å². The van der Waals surface area contributed by atoms with E-state index in [1.54, 1.807) is 0 Å². The van der Waals surface area contributed by atoms with Crippen LogP contribution >= 0.6 is 11.6 Å². The quantitative estimate of drug-likeness (QED) is 0.576. The van der Waals surface area contributed by atoms with Crippen LogP contribution in [0.3, 0.4) is 0 Å². The Kier molecular flexibility index (Phi) is 2.71. The van der Waals surface area contributed by atoms with Crippen molar-refractivity contribution in [1.82, 2.24) is 0 Å². The molecule has 1 saturated carbocycles. The lowest BCUT2D eigenvalue weighted by molar-refractivity contribution is -0.194. The third-order valence-electron chi connectivity index (χ3n) is 3.53. The van der Waals surface area contributed by atoms with Crippen LogP contribution in [0.15, 0.2) is 0 Å². The highest BCUT2D eigenvalue weighted by Crippen LogP contribution is 2.47. The average molecular weight is 219 g/mol. The summed E-state index contributed by atoms with van der Waals surface area (Å²) in [6.07, 6.45) is 3.25. The Labute approximate surface area is 88.4 Å². The van der Waals surface area contributed by atoms with Crippen molar-refractivity contribution in [3.63, 3.8) is 0 Å². The molecule has 0 amide bonds. The summed E-state index contributed by atoms with van der Waals surface area (Å²) in [5, 5.41) is 9.93. The maximum atomic E-state index is 11.7. The third kappa shape index (κ3) is 1.43. The van der Waals surface area contributed by atoms with Crippen LogP contribution in [0.25, 0.3) is 0 Å². The smallest absolute Gasteiger partial charge is 0.314 e. The van der Waals surface area contributed by atoms with Gasteiger partial charge < -0.3 is 9.84 Å². The molecule has 0 aromatic heterocycles. The van der Waals surface area contributed by atoms with Gasteiger partial charge in [-0.05, 0) is 32.1 Å². The number of alkyl halides is 1. The first-order chi connectivity index (χ1) is 6.69. The molecular weight excluding hydrogens is 204 g/mol. The number of carbonyl (C=O) groups excluding carboxylic acids is 1. The van der Waals surface area contributed by atoms with Crippen LogP contribution in [-0.2, 0) is 9.53 Å². The lowest BCUT2D eigenvalue weighted by Gasteiger charge is -2.46. The van der Waals surface area contributed by atoms with E-state index in [0.29, 0.717) is 12.3 Å².